The number of amides is 2. The molecule has 0 unspecified atom stereocenters. The Morgan fingerprint density at radius 2 is 2.09 bits per heavy atom. The van der Waals surface area contributed by atoms with E-state index < -0.39 is 0 Å². The third-order valence-corrected chi connectivity index (χ3v) is 5.26. The predicted molar refractivity (Wildman–Crippen MR) is 89.3 cm³/mol. The Morgan fingerprint density at radius 1 is 1.35 bits per heavy atom. The SMILES string of the molecule is Cc1nc(Cc2ccccc2)sc1C(=O)N1CC[C@H](C(N)=O)C1. The van der Waals surface area contributed by atoms with Crippen molar-refractivity contribution in [2.75, 3.05) is 13.1 Å². The van der Waals surface area contributed by atoms with E-state index in [4.69, 9.17) is 5.73 Å². The van der Waals surface area contributed by atoms with E-state index >= 15 is 0 Å². The Balaban J connectivity index is 1.73. The molecule has 0 saturated carbocycles. The number of rotatable bonds is 4. The third-order valence-electron chi connectivity index (χ3n) is 4.11. The molecule has 120 valence electrons. The average Bonchev–Trinajstić information content (AvgIpc) is 3.15. The molecule has 2 heterocycles. The number of likely N-dealkylation sites (tertiary alicyclic amines) is 1. The zero-order chi connectivity index (χ0) is 16.4. The van der Waals surface area contributed by atoms with Crippen molar-refractivity contribution in [2.24, 2.45) is 11.7 Å². The van der Waals surface area contributed by atoms with Crippen molar-refractivity contribution < 1.29 is 9.59 Å². The van der Waals surface area contributed by atoms with Crippen LogP contribution < -0.4 is 5.73 Å². The molecular formula is C17H19N3O2S. The van der Waals surface area contributed by atoms with E-state index in [2.05, 4.69) is 17.1 Å². The van der Waals surface area contributed by atoms with E-state index in [-0.39, 0.29) is 17.7 Å². The van der Waals surface area contributed by atoms with Crippen LogP contribution in [0.25, 0.3) is 0 Å². The number of carbonyl (C=O) groups is 2. The van der Waals surface area contributed by atoms with E-state index in [0.717, 1.165) is 17.1 Å². The average molecular weight is 329 g/mol. The first-order valence-corrected chi connectivity index (χ1v) is 8.45. The van der Waals surface area contributed by atoms with Crippen LogP contribution in [0.4, 0.5) is 0 Å². The fourth-order valence-electron chi connectivity index (χ4n) is 2.82. The van der Waals surface area contributed by atoms with Crippen molar-refractivity contribution in [1.82, 2.24) is 9.88 Å². The highest BCUT2D eigenvalue weighted by Gasteiger charge is 2.31. The van der Waals surface area contributed by atoms with Gasteiger partial charge in [0.25, 0.3) is 5.91 Å². The Bertz CT molecular complexity index is 727. The van der Waals surface area contributed by atoms with Gasteiger partial charge in [0.2, 0.25) is 5.91 Å². The largest absolute Gasteiger partial charge is 0.369 e. The second-order valence-electron chi connectivity index (χ2n) is 5.82. The molecular weight excluding hydrogens is 310 g/mol. The number of nitrogens with zero attached hydrogens (tertiary/aromatic N) is 2. The van der Waals surface area contributed by atoms with Crippen LogP contribution in [0.5, 0.6) is 0 Å². The van der Waals surface area contributed by atoms with E-state index in [1.54, 1.807) is 4.90 Å². The molecule has 2 N–H and O–H groups in total. The molecule has 6 heteroatoms. The lowest BCUT2D eigenvalue weighted by molar-refractivity contribution is -0.121. The van der Waals surface area contributed by atoms with Gasteiger partial charge in [-0.2, -0.15) is 0 Å². The van der Waals surface area contributed by atoms with Crippen LogP contribution in [0.1, 0.15) is 32.4 Å². The molecule has 2 amide bonds. The van der Waals surface area contributed by atoms with Crippen LogP contribution >= 0.6 is 11.3 Å². The molecule has 0 aliphatic carbocycles. The molecule has 1 saturated heterocycles. The summed E-state index contributed by atoms with van der Waals surface area (Å²) in [6.07, 6.45) is 1.37. The Morgan fingerprint density at radius 3 is 2.74 bits per heavy atom. The van der Waals surface area contributed by atoms with Gasteiger partial charge in [-0.25, -0.2) is 4.98 Å². The molecule has 1 fully saturated rings. The van der Waals surface area contributed by atoms with Gasteiger partial charge in [-0.1, -0.05) is 30.3 Å². The maximum absolute atomic E-state index is 12.6. The number of aryl methyl sites for hydroxylation is 1. The highest BCUT2D eigenvalue weighted by Crippen LogP contribution is 2.25. The molecule has 3 rings (SSSR count). The summed E-state index contributed by atoms with van der Waals surface area (Å²) in [4.78, 5) is 30.8. The lowest BCUT2D eigenvalue weighted by atomic mass is 10.1. The lowest BCUT2D eigenvalue weighted by Gasteiger charge is -2.14. The normalized spacial score (nSPS) is 17.4. The van der Waals surface area contributed by atoms with Crippen molar-refractivity contribution in [1.29, 1.82) is 0 Å². The van der Waals surface area contributed by atoms with Crippen LogP contribution in [0, 0.1) is 12.8 Å². The summed E-state index contributed by atoms with van der Waals surface area (Å²) in [5.41, 5.74) is 7.27. The first-order chi connectivity index (χ1) is 11.0. The summed E-state index contributed by atoms with van der Waals surface area (Å²) < 4.78 is 0. The van der Waals surface area contributed by atoms with Gasteiger partial charge in [0.05, 0.1) is 16.6 Å². The Kier molecular flexibility index (Phi) is 4.43. The predicted octanol–water partition coefficient (Wildman–Crippen LogP) is 1.99. The van der Waals surface area contributed by atoms with Gasteiger partial charge in [-0.15, -0.1) is 11.3 Å². The van der Waals surface area contributed by atoms with Gasteiger partial charge in [0, 0.05) is 19.5 Å². The van der Waals surface area contributed by atoms with E-state index in [1.807, 2.05) is 25.1 Å². The summed E-state index contributed by atoms with van der Waals surface area (Å²) in [6.45, 7) is 2.86. The minimum absolute atomic E-state index is 0.0388. The molecule has 2 aromatic rings. The number of nitrogens with two attached hydrogens (primary N) is 1. The number of carbonyl (C=O) groups excluding carboxylic acids is 2. The molecule has 1 aliphatic rings. The van der Waals surface area contributed by atoms with Crippen molar-refractivity contribution in [2.45, 2.75) is 19.8 Å². The van der Waals surface area contributed by atoms with Gasteiger partial charge in [-0.05, 0) is 18.9 Å². The topological polar surface area (TPSA) is 76.3 Å². The second kappa shape index (κ2) is 6.50. The number of hydrogen-bond donors (Lipinski definition) is 1. The van der Waals surface area contributed by atoms with Gasteiger partial charge in [0.15, 0.2) is 0 Å². The van der Waals surface area contributed by atoms with Gasteiger partial charge < -0.3 is 10.6 Å². The summed E-state index contributed by atoms with van der Waals surface area (Å²) in [5, 5.41) is 0.933. The first-order valence-electron chi connectivity index (χ1n) is 7.63. The molecule has 1 aromatic carbocycles. The summed E-state index contributed by atoms with van der Waals surface area (Å²) in [6, 6.07) is 10.1. The minimum Gasteiger partial charge on any atom is -0.369 e. The third kappa shape index (κ3) is 3.42. The van der Waals surface area contributed by atoms with E-state index in [1.165, 1.54) is 16.9 Å². The second-order valence-corrected chi connectivity index (χ2v) is 6.91. The van der Waals surface area contributed by atoms with Crippen LogP contribution in [-0.2, 0) is 11.2 Å². The number of hydrogen-bond acceptors (Lipinski definition) is 4. The molecule has 5 nitrogen and oxygen atoms in total. The monoisotopic (exact) mass is 329 g/mol. The highest BCUT2D eigenvalue weighted by molar-refractivity contribution is 7.13. The smallest absolute Gasteiger partial charge is 0.265 e. The van der Waals surface area contributed by atoms with Crippen LogP contribution in [-0.4, -0.2) is 34.8 Å². The molecule has 0 bridgehead atoms. The number of aromatic nitrogens is 1. The summed E-state index contributed by atoms with van der Waals surface area (Å²) in [5.74, 6) is -0.592. The van der Waals surface area contributed by atoms with Gasteiger partial charge >= 0.3 is 0 Å². The van der Waals surface area contributed by atoms with E-state index in [0.29, 0.717) is 24.4 Å². The van der Waals surface area contributed by atoms with Crippen molar-refractivity contribution in [3.8, 4) is 0 Å². The van der Waals surface area contributed by atoms with Crippen LogP contribution in [0.2, 0.25) is 0 Å². The first kappa shape index (κ1) is 15.7. The van der Waals surface area contributed by atoms with Crippen LogP contribution in [0.3, 0.4) is 0 Å². The fraction of sp³-hybridized carbons (Fsp3) is 0.353. The maximum Gasteiger partial charge on any atom is 0.265 e. The maximum atomic E-state index is 12.6. The van der Waals surface area contributed by atoms with Crippen molar-refractivity contribution >= 4 is 23.2 Å². The number of primary amides is 1. The standard InChI is InChI=1S/C17H19N3O2S/c1-11-15(17(22)20-8-7-13(10-20)16(18)21)23-14(19-11)9-12-5-3-2-4-6-12/h2-6,13H,7-10H2,1H3,(H2,18,21)/t13-/m0/s1. The minimum atomic E-state index is -0.328. The Labute approximate surface area is 139 Å². The van der Waals surface area contributed by atoms with Gasteiger partial charge in [0.1, 0.15) is 4.88 Å². The molecule has 1 aliphatic heterocycles. The van der Waals surface area contributed by atoms with Gasteiger partial charge in [-0.3, -0.25) is 9.59 Å². The quantitative estimate of drug-likeness (QED) is 0.932. The number of benzene rings is 1. The molecule has 1 aromatic heterocycles. The summed E-state index contributed by atoms with van der Waals surface area (Å²) >= 11 is 1.44. The van der Waals surface area contributed by atoms with Crippen molar-refractivity contribution in [3.63, 3.8) is 0 Å². The fourth-order valence-corrected chi connectivity index (χ4v) is 3.88. The zero-order valence-electron chi connectivity index (χ0n) is 13.0. The molecule has 23 heavy (non-hydrogen) atoms. The Hall–Kier alpha value is -2.21. The highest BCUT2D eigenvalue weighted by atomic mass is 32.1. The lowest BCUT2D eigenvalue weighted by Crippen LogP contribution is -2.31. The van der Waals surface area contributed by atoms with E-state index in [9.17, 15) is 9.59 Å². The number of thiazole rings is 1. The molecule has 1 atom stereocenters. The summed E-state index contributed by atoms with van der Waals surface area (Å²) in [7, 11) is 0. The zero-order valence-corrected chi connectivity index (χ0v) is 13.8. The van der Waals surface area contributed by atoms with Crippen LogP contribution in [0.15, 0.2) is 30.3 Å². The molecule has 0 spiro atoms. The van der Waals surface area contributed by atoms with Crippen molar-refractivity contribution in [3.05, 3.63) is 51.5 Å². The molecule has 0 radical (unpaired) electrons.